The van der Waals surface area contributed by atoms with Gasteiger partial charge in [0.05, 0.1) is 7.11 Å². The zero-order valence-electron chi connectivity index (χ0n) is 18.1. The Morgan fingerprint density at radius 3 is 2.30 bits per heavy atom. The summed E-state index contributed by atoms with van der Waals surface area (Å²) in [5.74, 6) is 3.65. The number of likely N-dealkylation sites (tertiary alicyclic amines) is 1. The number of nitrogens with zero attached hydrogens (tertiary/aromatic N) is 1. The summed E-state index contributed by atoms with van der Waals surface area (Å²) in [6.07, 6.45) is 10.6. The van der Waals surface area contributed by atoms with Crippen LogP contribution in [0, 0.1) is 23.2 Å². The number of carbonyl (C=O) groups excluding carboxylic acids is 2. The van der Waals surface area contributed by atoms with E-state index in [1.54, 1.807) is 13.2 Å². The van der Waals surface area contributed by atoms with E-state index in [9.17, 15) is 9.59 Å². The van der Waals surface area contributed by atoms with Crippen LogP contribution in [-0.4, -0.2) is 43.0 Å². The normalized spacial score (nSPS) is 32.8. The second-order valence-electron chi connectivity index (χ2n) is 10.5. The molecule has 1 heterocycles. The lowest BCUT2D eigenvalue weighted by Gasteiger charge is -2.57. The first-order valence-corrected chi connectivity index (χ1v) is 11.7. The second kappa shape index (κ2) is 7.90. The Morgan fingerprint density at radius 1 is 1.07 bits per heavy atom. The number of benzene rings is 1. The van der Waals surface area contributed by atoms with E-state index in [2.05, 4.69) is 10.2 Å². The highest BCUT2D eigenvalue weighted by Gasteiger charge is 2.51. The van der Waals surface area contributed by atoms with E-state index in [4.69, 9.17) is 4.74 Å². The van der Waals surface area contributed by atoms with Crippen molar-refractivity contribution in [2.24, 2.45) is 23.2 Å². The predicted octanol–water partition coefficient (Wildman–Crippen LogP) is 4.02. The topological polar surface area (TPSA) is 58.6 Å². The number of nitrogens with one attached hydrogen (secondary N) is 1. The van der Waals surface area contributed by atoms with Gasteiger partial charge in [0.1, 0.15) is 5.75 Å². The predicted molar refractivity (Wildman–Crippen MR) is 115 cm³/mol. The summed E-state index contributed by atoms with van der Waals surface area (Å²) >= 11 is 0. The maximum Gasteiger partial charge on any atom is 0.251 e. The van der Waals surface area contributed by atoms with Crippen LogP contribution in [-0.2, 0) is 4.79 Å². The molecule has 1 saturated heterocycles. The summed E-state index contributed by atoms with van der Waals surface area (Å²) in [5, 5.41) is 3.14. The van der Waals surface area contributed by atoms with Crippen molar-refractivity contribution in [1.82, 2.24) is 10.2 Å². The molecule has 1 aromatic carbocycles. The molecule has 4 aliphatic carbocycles. The lowest BCUT2D eigenvalue weighted by atomic mass is 9.49. The van der Waals surface area contributed by atoms with Crippen molar-refractivity contribution in [3.8, 4) is 5.75 Å². The molecule has 1 N–H and O–H groups in total. The van der Waals surface area contributed by atoms with Gasteiger partial charge in [-0.25, -0.2) is 0 Å². The molecule has 5 aliphatic rings. The van der Waals surface area contributed by atoms with Gasteiger partial charge in [-0.05, 0) is 92.7 Å². The summed E-state index contributed by atoms with van der Waals surface area (Å²) in [5.41, 5.74) is 0.929. The number of piperidine rings is 1. The molecule has 1 aromatic rings. The molecule has 0 spiro atoms. The Hall–Kier alpha value is -2.04. The minimum atomic E-state index is -0.0627. The monoisotopic (exact) mass is 410 g/mol. The van der Waals surface area contributed by atoms with E-state index in [1.165, 1.54) is 38.5 Å². The van der Waals surface area contributed by atoms with Crippen molar-refractivity contribution in [2.45, 2.75) is 63.8 Å². The first-order valence-electron chi connectivity index (χ1n) is 11.7. The van der Waals surface area contributed by atoms with Crippen LogP contribution in [0.4, 0.5) is 0 Å². The summed E-state index contributed by atoms with van der Waals surface area (Å²) in [6.45, 7) is 1.52. The molecule has 4 bridgehead atoms. The lowest BCUT2D eigenvalue weighted by Crippen LogP contribution is -2.50. The maximum atomic E-state index is 13.1. The number of amides is 2. The van der Waals surface area contributed by atoms with E-state index >= 15 is 0 Å². The van der Waals surface area contributed by atoms with Crippen LogP contribution in [0.15, 0.2) is 24.3 Å². The molecule has 5 heteroatoms. The smallest absolute Gasteiger partial charge is 0.251 e. The molecule has 4 saturated carbocycles. The maximum absolute atomic E-state index is 13.1. The van der Waals surface area contributed by atoms with Crippen molar-refractivity contribution in [3.05, 3.63) is 29.8 Å². The summed E-state index contributed by atoms with van der Waals surface area (Å²) < 4.78 is 5.21. The van der Waals surface area contributed by atoms with Crippen molar-refractivity contribution in [1.29, 1.82) is 0 Å². The van der Waals surface area contributed by atoms with Crippen LogP contribution in [0.25, 0.3) is 0 Å². The van der Waals surface area contributed by atoms with Gasteiger partial charge in [0.25, 0.3) is 5.91 Å². The molecule has 5 fully saturated rings. The summed E-state index contributed by atoms with van der Waals surface area (Å²) in [7, 11) is 1.60. The standard InChI is InChI=1S/C25H34N2O3/c1-30-22-4-2-3-20(12-22)24(29)26-21-5-7-27(8-6-21)23(28)16-25-13-17-9-18(14-25)11-19(10-17)15-25/h2-4,12,17-19,21H,5-11,13-16H2,1H3,(H,26,29). The van der Waals surface area contributed by atoms with Crippen LogP contribution in [0.3, 0.4) is 0 Å². The third kappa shape index (κ3) is 3.95. The molecule has 0 aromatic heterocycles. The zero-order chi connectivity index (χ0) is 20.7. The number of carbonyl (C=O) groups is 2. The van der Waals surface area contributed by atoms with Gasteiger partial charge >= 0.3 is 0 Å². The lowest BCUT2D eigenvalue weighted by molar-refractivity contribution is -0.140. The average Bonchev–Trinajstić information content (AvgIpc) is 2.73. The van der Waals surface area contributed by atoms with Crippen LogP contribution in [0.5, 0.6) is 5.75 Å². The van der Waals surface area contributed by atoms with Gasteiger partial charge in [0.2, 0.25) is 5.91 Å². The highest BCUT2D eigenvalue weighted by molar-refractivity contribution is 5.94. The van der Waals surface area contributed by atoms with Gasteiger partial charge in [0, 0.05) is 31.1 Å². The van der Waals surface area contributed by atoms with Crippen LogP contribution >= 0.6 is 0 Å². The molecule has 1 aliphatic heterocycles. The minimum Gasteiger partial charge on any atom is -0.497 e. The molecule has 0 radical (unpaired) electrons. The fourth-order valence-electron chi connectivity index (χ4n) is 7.25. The number of rotatable bonds is 5. The van der Waals surface area contributed by atoms with E-state index < -0.39 is 0 Å². The third-order valence-electron chi connectivity index (χ3n) is 8.21. The number of ether oxygens (including phenoxy) is 1. The molecule has 5 nitrogen and oxygen atoms in total. The molecular formula is C25H34N2O3. The van der Waals surface area contributed by atoms with E-state index in [-0.39, 0.29) is 11.9 Å². The highest BCUT2D eigenvalue weighted by Crippen LogP contribution is 2.61. The highest BCUT2D eigenvalue weighted by atomic mass is 16.5. The van der Waals surface area contributed by atoms with Crippen molar-refractivity contribution in [2.75, 3.05) is 20.2 Å². The summed E-state index contributed by atoms with van der Waals surface area (Å²) in [6, 6.07) is 7.37. The van der Waals surface area contributed by atoms with E-state index in [1.807, 2.05) is 18.2 Å². The Kier molecular flexibility index (Phi) is 5.24. The fourth-order valence-corrected chi connectivity index (χ4v) is 7.25. The molecular weight excluding hydrogens is 376 g/mol. The molecule has 0 atom stereocenters. The molecule has 30 heavy (non-hydrogen) atoms. The Bertz CT molecular complexity index is 777. The van der Waals surface area contributed by atoms with E-state index in [0.29, 0.717) is 22.6 Å². The van der Waals surface area contributed by atoms with Crippen LogP contribution in [0.1, 0.15) is 68.1 Å². The van der Waals surface area contributed by atoms with Gasteiger partial charge in [-0.15, -0.1) is 0 Å². The fraction of sp³-hybridized carbons (Fsp3) is 0.680. The second-order valence-corrected chi connectivity index (χ2v) is 10.5. The Labute approximate surface area is 179 Å². The summed E-state index contributed by atoms with van der Waals surface area (Å²) in [4.78, 5) is 27.8. The minimum absolute atomic E-state index is 0.0627. The van der Waals surface area contributed by atoms with Gasteiger partial charge in [-0.3, -0.25) is 9.59 Å². The van der Waals surface area contributed by atoms with Gasteiger partial charge in [0.15, 0.2) is 0 Å². The Morgan fingerprint density at radius 2 is 1.70 bits per heavy atom. The SMILES string of the molecule is COc1cccc(C(=O)NC2CCN(C(=O)CC34CC5CC(CC(C5)C3)C4)CC2)c1. The molecule has 0 unspecified atom stereocenters. The van der Waals surface area contributed by atoms with Crippen LogP contribution in [0.2, 0.25) is 0 Å². The third-order valence-corrected chi connectivity index (χ3v) is 8.21. The first-order chi connectivity index (χ1) is 14.5. The largest absolute Gasteiger partial charge is 0.497 e. The van der Waals surface area contributed by atoms with Gasteiger partial charge < -0.3 is 15.0 Å². The first kappa shape index (κ1) is 19.9. The number of hydrogen-bond donors (Lipinski definition) is 1. The van der Waals surface area contributed by atoms with Crippen LogP contribution < -0.4 is 10.1 Å². The van der Waals surface area contributed by atoms with Crippen molar-refractivity contribution in [3.63, 3.8) is 0 Å². The van der Waals surface area contributed by atoms with Gasteiger partial charge in [-0.1, -0.05) is 6.07 Å². The molecule has 6 rings (SSSR count). The van der Waals surface area contributed by atoms with Crippen molar-refractivity contribution >= 4 is 11.8 Å². The average molecular weight is 411 g/mol. The number of hydrogen-bond acceptors (Lipinski definition) is 3. The molecule has 2 amide bonds. The quantitative estimate of drug-likeness (QED) is 0.798. The van der Waals surface area contributed by atoms with Crippen molar-refractivity contribution < 1.29 is 14.3 Å². The Balaban J connectivity index is 1.13. The van der Waals surface area contributed by atoms with E-state index in [0.717, 1.165) is 50.1 Å². The zero-order valence-corrected chi connectivity index (χ0v) is 18.1. The van der Waals surface area contributed by atoms with Gasteiger partial charge in [-0.2, -0.15) is 0 Å². The number of methoxy groups -OCH3 is 1. The molecule has 162 valence electrons.